The van der Waals surface area contributed by atoms with Crippen molar-refractivity contribution in [2.75, 3.05) is 46.8 Å². The van der Waals surface area contributed by atoms with Crippen molar-refractivity contribution in [3.05, 3.63) is 35.9 Å². The molecule has 1 aromatic rings. The molecule has 25 heavy (non-hydrogen) atoms. The first kappa shape index (κ1) is 19.4. The molecular formula is C16H24N4O4S. The Hall–Kier alpha value is -1.97. The Morgan fingerprint density at radius 2 is 1.76 bits per heavy atom. The molecule has 0 unspecified atom stereocenters. The highest BCUT2D eigenvalue weighted by molar-refractivity contribution is 7.86. The van der Waals surface area contributed by atoms with Crippen LogP contribution in [-0.2, 0) is 15.0 Å². The van der Waals surface area contributed by atoms with E-state index in [1.165, 1.54) is 22.7 Å². The molecule has 2 amide bonds. The van der Waals surface area contributed by atoms with E-state index in [9.17, 15) is 18.0 Å². The van der Waals surface area contributed by atoms with Crippen LogP contribution in [0.1, 0.15) is 16.8 Å². The maximum absolute atomic E-state index is 12.3. The van der Waals surface area contributed by atoms with Gasteiger partial charge >= 0.3 is 0 Å². The number of hydrogen-bond acceptors (Lipinski definition) is 4. The van der Waals surface area contributed by atoms with Crippen LogP contribution in [0.25, 0.3) is 0 Å². The number of nitrogens with one attached hydrogen (secondary N) is 1. The zero-order valence-corrected chi connectivity index (χ0v) is 15.3. The Morgan fingerprint density at radius 1 is 1.08 bits per heavy atom. The maximum Gasteiger partial charge on any atom is 0.281 e. The van der Waals surface area contributed by atoms with Gasteiger partial charge in [-0.05, 0) is 18.6 Å². The van der Waals surface area contributed by atoms with Gasteiger partial charge in [-0.2, -0.15) is 17.0 Å². The van der Waals surface area contributed by atoms with Gasteiger partial charge in [0.25, 0.3) is 16.1 Å². The van der Waals surface area contributed by atoms with Crippen molar-refractivity contribution in [2.24, 2.45) is 0 Å². The van der Waals surface area contributed by atoms with Crippen LogP contribution in [0.15, 0.2) is 30.3 Å². The molecule has 1 N–H and O–H groups in total. The molecule has 0 saturated carbocycles. The van der Waals surface area contributed by atoms with E-state index >= 15 is 0 Å². The molecule has 0 bridgehead atoms. The third-order valence-corrected chi connectivity index (χ3v) is 5.97. The summed E-state index contributed by atoms with van der Waals surface area (Å²) < 4.78 is 26.9. The summed E-state index contributed by atoms with van der Waals surface area (Å²) in [4.78, 5) is 25.9. The van der Waals surface area contributed by atoms with Gasteiger partial charge in [-0.25, -0.2) is 0 Å². The second-order valence-corrected chi connectivity index (χ2v) is 8.11. The molecule has 138 valence electrons. The lowest BCUT2D eigenvalue weighted by molar-refractivity contribution is -0.129. The lowest BCUT2D eigenvalue weighted by Gasteiger charge is -2.24. The molecule has 1 aliphatic rings. The number of amides is 2. The number of hydrogen-bond donors (Lipinski definition) is 1. The van der Waals surface area contributed by atoms with Crippen LogP contribution in [0.3, 0.4) is 0 Å². The average Bonchev–Trinajstić information content (AvgIpc) is 2.86. The third kappa shape index (κ3) is 5.00. The summed E-state index contributed by atoms with van der Waals surface area (Å²) >= 11 is 0. The van der Waals surface area contributed by atoms with E-state index < -0.39 is 10.2 Å². The highest BCUT2D eigenvalue weighted by Gasteiger charge is 2.28. The number of nitrogens with zero attached hydrogens (tertiary/aromatic N) is 3. The molecule has 0 aliphatic carbocycles. The van der Waals surface area contributed by atoms with Crippen molar-refractivity contribution in [3.8, 4) is 0 Å². The molecule has 1 aromatic carbocycles. The van der Waals surface area contributed by atoms with E-state index in [2.05, 4.69) is 5.32 Å². The second kappa shape index (κ2) is 8.41. The van der Waals surface area contributed by atoms with Gasteiger partial charge in [0.05, 0.1) is 6.54 Å². The first-order chi connectivity index (χ1) is 11.8. The molecule has 9 heteroatoms. The predicted octanol–water partition coefficient (Wildman–Crippen LogP) is -0.243. The van der Waals surface area contributed by atoms with Crippen molar-refractivity contribution in [2.45, 2.75) is 6.42 Å². The Morgan fingerprint density at radius 3 is 2.40 bits per heavy atom. The predicted molar refractivity (Wildman–Crippen MR) is 94.2 cm³/mol. The molecule has 2 rings (SSSR count). The topological polar surface area (TPSA) is 90.0 Å². The second-order valence-electron chi connectivity index (χ2n) is 5.97. The largest absolute Gasteiger partial charge is 0.343 e. The van der Waals surface area contributed by atoms with E-state index in [1.807, 2.05) is 6.07 Å². The molecule has 1 saturated heterocycles. The number of benzene rings is 1. The Balaban J connectivity index is 1.88. The molecule has 1 aliphatic heterocycles. The van der Waals surface area contributed by atoms with Gasteiger partial charge in [0.15, 0.2) is 0 Å². The maximum atomic E-state index is 12.3. The number of rotatable bonds is 5. The summed E-state index contributed by atoms with van der Waals surface area (Å²) in [5, 5.41) is 2.61. The monoisotopic (exact) mass is 368 g/mol. The quantitative estimate of drug-likeness (QED) is 0.777. The lowest BCUT2D eigenvalue weighted by Crippen LogP contribution is -2.44. The molecule has 0 aromatic heterocycles. The normalized spacial score (nSPS) is 16.5. The van der Waals surface area contributed by atoms with Crippen molar-refractivity contribution in [1.82, 2.24) is 18.8 Å². The summed E-state index contributed by atoms with van der Waals surface area (Å²) in [6.07, 6.45) is 0.561. The van der Waals surface area contributed by atoms with Crippen LogP contribution in [0, 0.1) is 0 Å². The summed E-state index contributed by atoms with van der Waals surface area (Å²) in [6, 6.07) is 8.68. The minimum atomic E-state index is -3.48. The van der Waals surface area contributed by atoms with Gasteiger partial charge in [0.1, 0.15) is 0 Å². The van der Waals surface area contributed by atoms with Crippen LogP contribution in [-0.4, -0.2) is 80.6 Å². The Kier molecular flexibility index (Phi) is 6.51. The zero-order valence-electron chi connectivity index (χ0n) is 14.5. The van der Waals surface area contributed by atoms with Crippen molar-refractivity contribution in [1.29, 1.82) is 0 Å². The van der Waals surface area contributed by atoms with Crippen LogP contribution in [0.5, 0.6) is 0 Å². The Labute approximate surface area is 148 Å². The number of carbonyl (C=O) groups is 2. The van der Waals surface area contributed by atoms with Gasteiger partial charge in [-0.1, -0.05) is 18.2 Å². The molecule has 1 heterocycles. The summed E-state index contributed by atoms with van der Waals surface area (Å²) in [6.45, 7) is 1.31. The van der Waals surface area contributed by atoms with Crippen molar-refractivity contribution < 1.29 is 18.0 Å². The lowest BCUT2D eigenvalue weighted by atomic mass is 10.2. The standard InChI is InChI=1S/C16H24N4O4S/c1-18(2)25(23,24)20-10-6-9-19(11-12-20)15(21)13-17-16(22)14-7-4-3-5-8-14/h3-5,7-8H,6,9-13H2,1-2H3,(H,17,22). The highest BCUT2D eigenvalue weighted by atomic mass is 32.2. The fraction of sp³-hybridized carbons (Fsp3) is 0.500. The smallest absolute Gasteiger partial charge is 0.281 e. The fourth-order valence-electron chi connectivity index (χ4n) is 2.56. The number of carbonyl (C=O) groups excluding carboxylic acids is 2. The van der Waals surface area contributed by atoms with Crippen molar-refractivity contribution >= 4 is 22.0 Å². The molecule has 8 nitrogen and oxygen atoms in total. The van der Waals surface area contributed by atoms with Gasteiger partial charge in [-0.15, -0.1) is 0 Å². The molecule has 1 fully saturated rings. The van der Waals surface area contributed by atoms with E-state index in [4.69, 9.17) is 0 Å². The summed E-state index contributed by atoms with van der Waals surface area (Å²) in [7, 11) is -0.498. The van der Waals surface area contributed by atoms with Gasteiger partial charge < -0.3 is 10.2 Å². The fourth-order valence-corrected chi connectivity index (χ4v) is 3.70. The summed E-state index contributed by atoms with van der Waals surface area (Å²) in [5.41, 5.74) is 0.495. The summed E-state index contributed by atoms with van der Waals surface area (Å²) in [5.74, 6) is -0.519. The van der Waals surface area contributed by atoms with Crippen LogP contribution in [0.4, 0.5) is 0 Å². The van der Waals surface area contributed by atoms with Gasteiger partial charge in [0.2, 0.25) is 5.91 Å². The minimum absolute atomic E-state index is 0.103. The molecular weight excluding hydrogens is 344 g/mol. The van der Waals surface area contributed by atoms with Crippen LogP contribution >= 0.6 is 0 Å². The van der Waals surface area contributed by atoms with E-state index in [0.29, 0.717) is 31.6 Å². The first-order valence-corrected chi connectivity index (χ1v) is 9.50. The first-order valence-electron chi connectivity index (χ1n) is 8.11. The van der Waals surface area contributed by atoms with E-state index in [0.717, 1.165) is 0 Å². The SMILES string of the molecule is CN(C)S(=O)(=O)N1CCCN(C(=O)CNC(=O)c2ccccc2)CC1. The highest BCUT2D eigenvalue weighted by Crippen LogP contribution is 2.10. The minimum Gasteiger partial charge on any atom is -0.343 e. The van der Waals surface area contributed by atoms with E-state index in [1.54, 1.807) is 29.2 Å². The molecule has 0 radical (unpaired) electrons. The van der Waals surface area contributed by atoms with Crippen LogP contribution in [0.2, 0.25) is 0 Å². The third-order valence-electron chi connectivity index (χ3n) is 4.03. The van der Waals surface area contributed by atoms with Crippen LogP contribution < -0.4 is 5.32 Å². The zero-order chi connectivity index (χ0) is 18.4. The van der Waals surface area contributed by atoms with Gasteiger partial charge in [0, 0.05) is 45.8 Å². The molecule has 0 atom stereocenters. The van der Waals surface area contributed by atoms with E-state index in [-0.39, 0.29) is 24.9 Å². The Bertz CT molecular complexity index is 706. The molecule has 0 spiro atoms. The van der Waals surface area contributed by atoms with Gasteiger partial charge in [-0.3, -0.25) is 9.59 Å². The van der Waals surface area contributed by atoms with Crippen molar-refractivity contribution in [3.63, 3.8) is 0 Å². The average molecular weight is 368 g/mol.